The Kier molecular flexibility index (Phi) is 5.38. The summed E-state index contributed by atoms with van der Waals surface area (Å²) in [6.07, 6.45) is 10.9. The van der Waals surface area contributed by atoms with Gasteiger partial charge in [-0.1, -0.05) is 38.0 Å². The van der Waals surface area contributed by atoms with Crippen LogP contribution in [-0.4, -0.2) is 45.1 Å². The Hall–Kier alpha value is -3.63. The van der Waals surface area contributed by atoms with Gasteiger partial charge < -0.3 is 4.74 Å². The number of hydrogen-bond donors (Lipinski definition) is 0. The fraction of sp³-hybridized carbons (Fsp3) is 0.345. The lowest BCUT2D eigenvalue weighted by Crippen LogP contribution is -2.43. The van der Waals surface area contributed by atoms with Crippen LogP contribution in [-0.2, 0) is 0 Å². The third-order valence-electron chi connectivity index (χ3n) is 7.56. The Bertz CT molecular complexity index is 1530. The summed E-state index contributed by atoms with van der Waals surface area (Å²) in [7, 11) is 0. The molecule has 0 N–H and O–H groups in total. The van der Waals surface area contributed by atoms with E-state index >= 15 is 4.39 Å². The first kappa shape index (κ1) is 22.8. The molecule has 2 aromatic heterocycles. The van der Waals surface area contributed by atoms with Crippen molar-refractivity contribution in [2.75, 3.05) is 19.7 Å². The SMILES string of the molecule is C#Cc1cc(F)cc2cccc(-c3ncc4cnc(OCC56CC(C)CN5CC(C)C6)nc4c3F)c12. The molecule has 36 heavy (non-hydrogen) atoms. The Morgan fingerprint density at radius 3 is 2.58 bits per heavy atom. The van der Waals surface area contributed by atoms with E-state index in [4.69, 9.17) is 11.2 Å². The molecule has 2 atom stereocenters. The number of hydrogen-bond acceptors (Lipinski definition) is 5. The second kappa shape index (κ2) is 8.49. The van der Waals surface area contributed by atoms with Gasteiger partial charge in [-0.05, 0) is 42.2 Å². The number of aromatic nitrogens is 3. The minimum Gasteiger partial charge on any atom is -0.461 e. The molecule has 5 nitrogen and oxygen atoms in total. The van der Waals surface area contributed by atoms with E-state index in [1.165, 1.54) is 24.5 Å². The molecule has 0 spiro atoms. The molecule has 0 saturated carbocycles. The minimum atomic E-state index is -0.594. The molecule has 2 saturated heterocycles. The fourth-order valence-electron chi connectivity index (χ4n) is 6.30. The van der Waals surface area contributed by atoms with Crippen LogP contribution in [0.5, 0.6) is 6.01 Å². The zero-order chi connectivity index (χ0) is 25.0. The highest BCUT2D eigenvalue weighted by Crippen LogP contribution is 2.44. The molecular formula is C29H26F2N4O. The van der Waals surface area contributed by atoms with Crippen LogP contribution in [0.1, 0.15) is 32.3 Å². The van der Waals surface area contributed by atoms with Gasteiger partial charge in [-0.15, -0.1) is 6.42 Å². The highest BCUT2D eigenvalue weighted by Gasteiger charge is 2.50. The number of benzene rings is 2. The maximum atomic E-state index is 15.9. The Morgan fingerprint density at radius 2 is 1.83 bits per heavy atom. The molecular weight excluding hydrogens is 458 g/mol. The van der Waals surface area contributed by atoms with E-state index in [0.717, 1.165) is 25.9 Å². The lowest BCUT2D eigenvalue weighted by atomic mass is 9.89. The largest absolute Gasteiger partial charge is 0.461 e. The molecule has 2 aliphatic rings. The molecule has 0 radical (unpaired) electrons. The summed E-state index contributed by atoms with van der Waals surface area (Å²) in [6.45, 7) is 7.17. The predicted octanol–water partition coefficient (Wildman–Crippen LogP) is 5.60. The zero-order valence-electron chi connectivity index (χ0n) is 20.3. The molecule has 2 aliphatic heterocycles. The Morgan fingerprint density at radius 1 is 1.08 bits per heavy atom. The van der Waals surface area contributed by atoms with E-state index in [2.05, 4.69) is 39.6 Å². The number of nitrogens with zero attached hydrogens (tertiary/aromatic N) is 4. The average Bonchev–Trinajstić information content (AvgIpc) is 3.32. The molecule has 6 rings (SSSR count). The van der Waals surface area contributed by atoms with Crippen LogP contribution in [0.15, 0.2) is 42.7 Å². The molecule has 0 bridgehead atoms. The quantitative estimate of drug-likeness (QED) is 0.353. The van der Waals surface area contributed by atoms with Crippen molar-refractivity contribution in [1.29, 1.82) is 0 Å². The summed E-state index contributed by atoms with van der Waals surface area (Å²) in [6, 6.07) is 8.00. The van der Waals surface area contributed by atoms with Gasteiger partial charge in [-0.3, -0.25) is 9.88 Å². The third kappa shape index (κ3) is 3.68. The van der Waals surface area contributed by atoms with Gasteiger partial charge >= 0.3 is 6.01 Å². The van der Waals surface area contributed by atoms with Gasteiger partial charge in [0.2, 0.25) is 0 Å². The van der Waals surface area contributed by atoms with Crippen molar-refractivity contribution in [3.05, 3.63) is 59.9 Å². The Balaban J connectivity index is 1.38. The first-order chi connectivity index (χ1) is 17.4. The second-order valence-electron chi connectivity index (χ2n) is 10.4. The van der Waals surface area contributed by atoms with Gasteiger partial charge in [0.1, 0.15) is 23.6 Å². The summed E-state index contributed by atoms with van der Waals surface area (Å²) >= 11 is 0. The number of rotatable bonds is 4. The summed E-state index contributed by atoms with van der Waals surface area (Å²) in [5.74, 6) is 2.71. The summed E-state index contributed by atoms with van der Waals surface area (Å²) in [4.78, 5) is 15.6. The van der Waals surface area contributed by atoms with E-state index in [1.54, 1.807) is 18.2 Å². The van der Waals surface area contributed by atoms with Crippen LogP contribution in [0.4, 0.5) is 8.78 Å². The van der Waals surface area contributed by atoms with E-state index in [9.17, 15) is 4.39 Å². The molecule has 4 aromatic rings. The van der Waals surface area contributed by atoms with Crippen LogP contribution < -0.4 is 4.74 Å². The van der Waals surface area contributed by atoms with Gasteiger partial charge in [0.25, 0.3) is 0 Å². The Labute approximate surface area is 208 Å². The van der Waals surface area contributed by atoms with Gasteiger partial charge in [-0.2, -0.15) is 4.98 Å². The van der Waals surface area contributed by atoms with Crippen molar-refractivity contribution < 1.29 is 13.5 Å². The normalized spacial score (nSPS) is 23.8. The van der Waals surface area contributed by atoms with Crippen molar-refractivity contribution >= 4 is 21.7 Å². The average molecular weight is 485 g/mol. The van der Waals surface area contributed by atoms with Crippen molar-refractivity contribution in [2.24, 2.45) is 11.8 Å². The number of halogens is 2. The molecule has 182 valence electrons. The first-order valence-electron chi connectivity index (χ1n) is 12.3. The summed E-state index contributed by atoms with van der Waals surface area (Å²) < 4.78 is 36.0. The first-order valence-corrected chi connectivity index (χ1v) is 12.3. The standard InChI is InChI=1S/C29H26F2N4O/c1-4-19-8-22(30)9-20-6-5-7-23(24(19)20)27-25(31)26-21(12-32-27)13-33-28(34-26)36-16-29-10-17(2)14-35(29)15-18(3)11-29/h1,5-9,12-13,17-18H,10-11,14-16H2,2-3H3. The lowest BCUT2D eigenvalue weighted by Gasteiger charge is -2.31. The maximum Gasteiger partial charge on any atom is 0.317 e. The second-order valence-corrected chi connectivity index (χ2v) is 10.4. The fourth-order valence-corrected chi connectivity index (χ4v) is 6.30. The van der Waals surface area contributed by atoms with Crippen LogP contribution in [0.2, 0.25) is 0 Å². The monoisotopic (exact) mass is 484 g/mol. The van der Waals surface area contributed by atoms with Crippen molar-refractivity contribution in [2.45, 2.75) is 32.2 Å². The molecule has 7 heteroatoms. The highest BCUT2D eigenvalue weighted by molar-refractivity contribution is 6.01. The minimum absolute atomic E-state index is 0.0110. The van der Waals surface area contributed by atoms with Crippen LogP contribution in [0.3, 0.4) is 0 Å². The predicted molar refractivity (Wildman–Crippen MR) is 135 cm³/mol. The van der Waals surface area contributed by atoms with Crippen molar-refractivity contribution in [3.8, 4) is 29.6 Å². The highest BCUT2D eigenvalue weighted by atomic mass is 19.1. The molecule has 2 fully saturated rings. The summed E-state index contributed by atoms with van der Waals surface area (Å²) in [5.41, 5.74) is 1.03. The van der Waals surface area contributed by atoms with Gasteiger partial charge in [0.15, 0.2) is 5.82 Å². The number of fused-ring (bicyclic) bond motifs is 3. The van der Waals surface area contributed by atoms with Gasteiger partial charge in [0.05, 0.1) is 5.54 Å². The summed E-state index contributed by atoms with van der Waals surface area (Å²) in [5, 5.41) is 1.62. The van der Waals surface area contributed by atoms with Crippen LogP contribution in [0, 0.1) is 35.8 Å². The molecule has 0 amide bonds. The van der Waals surface area contributed by atoms with Crippen molar-refractivity contribution in [1.82, 2.24) is 19.9 Å². The maximum absolute atomic E-state index is 15.9. The van der Waals surface area contributed by atoms with E-state index in [0.29, 0.717) is 45.7 Å². The van der Waals surface area contributed by atoms with E-state index < -0.39 is 11.6 Å². The molecule has 2 unspecified atom stereocenters. The van der Waals surface area contributed by atoms with Gasteiger partial charge in [-0.25, -0.2) is 13.8 Å². The number of pyridine rings is 1. The van der Waals surface area contributed by atoms with E-state index in [1.807, 2.05) is 0 Å². The number of terminal acetylenes is 1. The molecule has 0 aliphatic carbocycles. The van der Waals surface area contributed by atoms with Gasteiger partial charge in [0, 0.05) is 47.4 Å². The lowest BCUT2D eigenvalue weighted by molar-refractivity contribution is 0.107. The molecule has 4 heterocycles. The molecule has 2 aromatic carbocycles. The van der Waals surface area contributed by atoms with Crippen LogP contribution in [0.25, 0.3) is 32.9 Å². The van der Waals surface area contributed by atoms with E-state index in [-0.39, 0.29) is 22.8 Å². The van der Waals surface area contributed by atoms with Crippen molar-refractivity contribution in [3.63, 3.8) is 0 Å². The number of ether oxygens (including phenoxy) is 1. The zero-order valence-corrected chi connectivity index (χ0v) is 20.3. The van der Waals surface area contributed by atoms with Crippen LogP contribution >= 0.6 is 0 Å². The third-order valence-corrected chi connectivity index (χ3v) is 7.56. The smallest absolute Gasteiger partial charge is 0.317 e. The topological polar surface area (TPSA) is 51.1 Å².